The molecule has 1 N–H and O–H groups in total. The van der Waals surface area contributed by atoms with Gasteiger partial charge in [-0.3, -0.25) is 9.10 Å². The fraction of sp³-hybridized carbons (Fsp3) is 0.353. The zero-order chi connectivity index (χ0) is 16.9. The first-order chi connectivity index (χ1) is 11.5. The van der Waals surface area contributed by atoms with Crippen molar-refractivity contribution in [1.82, 2.24) is 10.2 Å². The Morgan fingerprint density at radius 2 is 2.00 bits per heavy atom. The van der Waals surface area contributed by atoms with Gasteiger partial charge in [-0.2, -0.15) is 0 Å². The number of carbonyl (C=O) groups is 1. The van der Waals surface area contributed by atoms with E-state index in [-0.39, 0.29) is 23.4 Å². The molecule has 2 aliphatic rings. The average molecular weight is 345 g/mol. The second kappa shape index (κ2) is 5.46. The van der Waals surface area contributed by atoms with Gasteiger partial charge in [0.2, 0.25) is 5.91 Å². The van der Waals surface area contributed by atoms with Crippen molar-refractivity contribution >= 4 is 32.4 Å². The number of nitrogens with zero attached hydrogens (tertiary/aromatic N) is 2. The van der Waals surface area contributed by atoms with Crippen LogP contribution in [-0.4, -0.2) is 51.9 Å². The van der Waals surface area contributed by atoms with E-state index < -0.39 is 10.0 Å². The van der Waals surface area contributed by atoms with Crippen molar-refractivity contribution in [3.05, 3.63) is 36.4 Å². The Kier molecular flexibility index (Phi) is 3.51. The predicted octanol–water partition coefficient (Wildman–Crippen LogP) is 1.17. The maximum Gasteiger partial charge on any atom is 0.265 e. The highest BCUT2D eigenvalue weighted by atomic mass is 32.2. The normalized spacial score (nSPS) is 21.6. The van der Waals surface area contributed by atoms with Crippen LogP contribution in [0, 0.1) is 0 Å². The van der Waals surface area contributed by atoms with E-state index in [1.807, 2.05) is 25.2 Å². The molecule has 0 aliphatic carbocycles. The van der Waals surface area contributed by atoms with Crippen LogP contribution < -0.4 is 9.62 Å². The Balaban J connectivity index is 1.68. The van der Waals surface area contributed by atoms with Crippen molar-refractivity contribution < 1.29 is 13.2 Å². The molecule has 1 amide bonds. The minimum atomic E-state index is -3.67. The van der Waals surface area contributed by atoms with E-state index in [4.69, 9.17) is 0 Å². The first-order valence-corrected chi connectivity index (χ1v) is 9.46. The summed E-state index contributed by atoms with van der Waals surface area (Å²) >= 11 is 0. The molecule has 126 valence electrons. The van der Waals surface area contributed by atoms with E-state index in [1.54, 1.807) is 23.1 Å². The lowest BCUT2D eigenvalue weighted by molar-refractivity contribution is -0.128. The maximum absolute atomic E-state index is 12.9. The fourth-order valence-electron chi connectivity index (χ4n) is 3.57. The number of hydrogen-bond donors (Lipinski definition) is 1. The van der Waals surface area contributed by atoms with E-state index in [1.165, 1.54) is 4.31 Å². The van der Waals surface area contributed by atoms with Gasteiger partial charge < -0.3 is 10.2 Å². The highest BCUT2D eigenvalue weighted by Crippen LogP contribution is 2.41. The van der Waals surface area contributed by atoms with Crippen LogP contribution in [0.4, 0.5) is 5.69 Å². The molecule has 1 saturated heterocycles. The summed E-state index contributed by atoms with van der Waals surface area (Å²) in [4.78, 5) is 14.6. The minimum absolute atomic E-state index is 0.146. The summed E-state index contributed by atoms with van der Waals surface area (Å²) in [5.74, 6) is -0.152. The van der Waals surface area contributed by atoms with Gasteiger partial charge in [0, 0.05) is 24.5 Å². The molecule has 4 rings (SSSR count). The summed E-state index contributed by atoms with van der Waals surface area (Å²) in [5.41, 5.74) is 0.598. The van der Waals surface area contributed by atoms with Crippen LogP contribution in [0.2, 0.25) is 0 Å². The molecule has 0 unspecified atom stereocenters. The molecule has 0 bridgehead atoms. The number of carbonyl (C=O) groups excluding carboxylic acids is 1. The Morgan fingerprint density at radius 3 is 2.71 bits per heavy atom. The molecule has 2 heterocycles. The minimum Gasteiger partial charge on any atom is -0.340 e. The molecule has 1 fully saturated rings. The average Bonchev–Trinajstić information content (AvgIpc) is 3.14. The van der Waals surface area contributed by atoms with Crippen molar-refractivity contribution in [2.45, 2.75) is 17.4 Å². The SMILES string of the molecule is CN[C@@H]1CCN(C(=O)CN2c3cccc4cccc(c34)S2(=O)=O)C1. The molecular weight excluding hydrogens is 326 g/mol. The number of rotatable bonds is 3. The molecule has 24 heavy (non-hydrogen) atoms. The van der Waals surface area contributed by atoms with Gasteiger partial charge in [-0.25, -0.2) is 8.42 Å². The molecule has 1 atom stereocenters. The van der Waals surface area contributed by atoms with Crippen LogP contribution in [0.3, 0.4) is 0 Å². The van der Waals surface area contributed by atoms with Crippen LogP contribution in [-0.2, 0) is 14.8 Å². The van der Waals surface area contributed by atoms with Gasteiger partial charge in [-0.1, -0.05) is 24.3 Å². The van der Waals surface area contributed by atoms with Crippen LogP contribution in [0.25, 0.3) is 10.8 Å². The van der Waals surface area contributed by atoms with Gasteiger partial charge in [0.05, 0.1) is 10.6 Å². The highest BCUT2D eigenvalue weighted by Gasteiger charge is 2.38. The molecule has 0 saturated carbocycles. The molecule has 2 aromatic carbocycles. The largest absolute Gasteiger partial charge is 0.340 e. The van der Waals surface area contributed by atoms with E-state index in [9.17, 15) is 13.2 Å². The third-order valence-corrected chi connectivity index (χ3v) is 6.71. The lowest BCUT2D eigenvalue weighted by atomic mass is 10.1. The molecule has 0 aromatic heterocycles. The Labute approximate surface area is 141 Å². The van der Waals surface area contributed by atoms with Crippen molar-refractivity contribution in [1.29, 1.82) is 0 Å². The van der Waals surface area contributed by atoms with Gasteiger partial charge in [0.25, 0.3) is 10.0 Å². The smallest absolute Gasteiger partial charge is 0.265 e. The van der Waals surface area contributed by atoms with Crippen LogP contribution >= 0.6 is 0 Å². The van der Waals surface area contributed by atoms with Gasteiger partial charge in [0.15, 0.2) is 0 Å². The number of amides is 1. The predicted molar refractivity (Wildman–Crippen MR) is 92.5 cm³/mol. The molecule has 7 heteroatoms. The molecule has 2 aromatic rings. The maximum atomic E-state index is 12.9. The summed E-state index contributed by atoms with van der Waals surface area (Å²) < 4.78 is 27.0. The molecular formula is C17H19N3O3S. The number of hydrogen-bond acceptors (Lipinski definition) is 4. The number of sulfonamides is 1. The Bertz CT molecular complexity index is 921. The highest BCUT2D eigenvalue weighted by molar-refractivity contribution is 7.93. The molecule has 0 radical (unpaired) electrons. The standard InChI is InChI=1S/C17H19N3O3S/c1-18-13-8-9-19(10-13)16(21)11-20-14-6-2-4-12-5-3-7-15(17(12)14)24(20,22)23/h2-7,13,18H,8-11H2,1H3/t13-/m1/s1. The summed E-state index contributed by atoms with van der Waals surface area (Å²) in [7, 11) is -1.80. The van der Waals surface area contributed by atoms with Crippen LogP contribution in [0.5, 0.6) is 0 Å². The van der Waals surface area contributed by atoms with E-state index in [0.29, 0.717) is 24.2 Å². The Morgan fingerprint density at radius 1 is 1.25 bits per heavy atom. The third-order valence-electron chi connectivity index (χ3n) is 4.91. The van der Waals surface area contributed by atoms with E-state index in [0.717, 1.165) is 11.8 Å². The lowest BCUT2D eigenvalue weighted by Gasteiger charge is -2.22. The fourth-order valence-corrected chi connectivity index (χ4v) is 5.23. The lowest BCUT2D eigenvalue weighted by Crippen LogP contribution is -2.41. The third kappa shape index (κ3) is 2.19. The van der Waals surface area contributed by atoms with Crippen molar-refractivity contribution in [3.63, 3.8) is 0 Å². The molecule has 0 spiro atoms. The summed E-state index contributed by atoms with van der Waals surface area (Å²) in [5, 5.41) is 4.75. The van der Waals surface area contributed by atoms with Crippen molar-refractivity contribution in [2.24, 2.45) is 0 Å². The first kappa shape index (κ1) is 15.4. The summed E-state index contributed by atoms with van der Waals surface area (Å²) in [6.07, 6.45) is 0.894. The van der Waals surface area contributed by atoms with E-state index >= 15 is 0 Å². The van der Waals surface area contributed by atoms with Crippen molar-refractivity contribution in [3.8, 4) is 0 Å². The van der Waals surface area contributed by atoms with Gasteiger partial charge in [-0.05, 0) is 31.0 Å². The second-order valence-electron chi connectivity index (χ2n) is 6.26. The van der Waals surface area contributed by atoms with Gasteiger partial charge in [0.1, 0.15) is 6.54 Å². The topological polar surface area (TPSA) is 69.7 Å². The first-order valence-electron chi connectivity index (χ1n) is 8.02. The van der Waals surface area contributed by atoms with Gasteiger partial charge >= 0.3 is 0 Å². The number of benzene rings is 2. The molecule has 6 nitrogen and oxygen atoms in total. The summed E-state index contributed by atoms with van der Waals surface area (Å²) in [6, 6.07) is 11.0. The molecule has 2 aliphatic heterocycles. The number of nitrogens with one attached hydrogen (secondary N) is 1. The number of likely N-dealkylation sites (N-methyl/N-ethyl adjacent to an activating group) is 1. The second-order valence-corrected chi connectivity index (χ2v) is 8.09. The monoisotopic (exact) mass is 345 g/mol. The Hall–Kier alpha value is -2.12. The quantitative estimate of drug-likeness (QED) is 0.907. The number of likely N-dealkylation sites (tertiary alicyclic amines) is 1. The zero-order valence-electron chi connectivity index (χ0n) is 13.4. The number of anilines is 1. The van der Waals surface area contributed by atoms with Crippen LogP contribution in [0.15, 0.2) is 41.3 Å². The zero-order valence-corrected chi connectivity index (χ0v) is 14.2. The van der Waals surface area contributed by atoms with E-state index in [2.05, 4.69) is 5.32 Å². The summed E-state index contributed by atoms with van der Waals surface area (Å²) in [6.45, 7) is 1.14. The van der Waals surface area contributed by atoms with Gasteiger partial charge in [-0.15, -0.1) is 0 Å². The van der Waals surface area contributed by atoms with Crippen LogP contribution in [0.1, 0.15) is 6.42 Å². The van der Waals surface area contributed by atoms with Crippen molar-refractivity contribution in [2.75, 3.05) is 31.0 Å².